The molecule has 7 heteroatoms. The SMILES string of the molecule is O=C([O-])C[C@@H]1CCN(C(=O)Cc2ccccc2)C[C@@H]1CC[NH+]1CCN(c2ccc(F)cc2)CC1. The molecule has 1 amide bonds. The van der Waals surface area contributed by atoms with Crippen molar-refractivity contribution in [1.29, 1.82) is 0 Å². The normalized spacial score (nSPS) is 21.4. The molecule has 2 aromatic rings. The molecule has 2 aliphatic heterocycles. The number of halogens is 1. The third-order valence-electron chi connectivity index (χ3n) is 7.40. The highest BCUT2D eigenvalue weighted by Crippen LogP contribution is 2.29. The summed E-state index contributed by atoms with van der Waals surface area (Å²) in [6.45, 7) is 6.01. The highest BCUT2D eigenvalue weighted by atomic mass is 19.1. The predicted molar refractivity (Wildman–Crippen MR) is 127 cm³/mol. The molecule has 2 fully saturated rings. The molecule has 2 atom stereocenters. The fourth-order valence-electron chi connectivity index (χ4n) is 5.37. The first-order valence-electron chi connectivity index (χ1n) is 12.3. The van der Waals surface area contributed by atoms with Gasteiger partial charge in [0.05, 0.1) is 39.1 Å². The van der Waals surface area contributed by atoms with Gasteiger partial charge in [-0.1, -0.05) is 30.3 Å². The molecular weight excluding hydrogens is 433 g/mol. The number of nitrogens with one attached hydrogen (secondary N) is 1. The summed E-state index contributed by atoms with van der Waals surface area (Å²) in [6, 6.07) is 16.4. The number of carbonyl (C=O) groups excluding carboxylic acids is 2. The van der Waals surface area contributed by atoms with Crippen molar-refractivity contribution in [2.75, 3.05) is 50.7 Å². The van der Waals surface area contributed by atoms with E-state index in [1.807, 2.05) is 47.4 Å². The van der Waals surface area contributed by atoms with E-state index in [9.17, 15) is 19.1 Å². The molecule has 0 unspecified atom stereocenters. The Kier molecular flexibility index (Phi) is 8.16. The molecule has 4 rings (SSSR count). The Morgan fingerprint density at radius 1 is 0.971 bits per heavy atom. The van der Waals surface area contributed by atoms with E-state index < -0.39 is 5.97 Å². The van der Waals surface area contributed by atoms with Crippen LogP contribution in [0.4, 0.5) is 10.1 Å². The van der Waals surface area contributed by atoms with Crippen LogP contribution in [0.3, 0.4) is 0 Å². The van der Waals surface area contributed by atoms with E-state index in [0.717, 1.165) is 50.4 Å². The smallest absolute Gasteiger partial charge is 0.226 e. The van der Waals surface area contributed by atoms with Crippen LogP contribution in [-0.2, 0) is 16.0 Å². The Morgan fingerprint density at radius 2 is 1.68 bits per heavy atom. The average molecular weight is 468 g/mol. The largest absolute Gasteiger partial charge is 0.550 e. The van der Waals surface area contributed by atoms with Gasteiger partial charge < -0.3 is 24.6 Å². The van der Waals surface area contributed by atoms with Crippen molar-refractivity contribution in [3.8, 4) is 0 Å². The number of carbonyl (C=O) groups is 2. The summed E-state index contributed by atoms with van der Waals surface area (Å²) in [5.74, 6) is -0.870. The van der Waals surface area contributed by atoms with Gasteiger partial charge in [0.25, 0.3) is 0 Å². The van der Waals surface area contributed by atoms with Gasteiger partial charge in [0.2, 0.25) is 5.91 Å². The number of likely N-dealkylation sites (tertiary alicyclic amines) is 1. The maximum Gasteiger partial charge on any atom is 0.226 e. The molecule has 0 spiro atoms. The minimum Gasteiger partial charge on any atom is -0.550 e. The van der Waals surface area contributed by atoms with Crippen LogP contribution in [0.2, 0.25) is 0 Å². The summed E-state index contributed by atoms with van der Waals surface area (Å²) in [6.07, 6.45) is 2.07. The lowest BCUT2D eigenvalue weighted by Crippen LogP contribution is -3.15. The number of nitrogens with zero attached hydrogens (tertiary/aromatic N) is 2. The van der Waals surface area contributed by atoms with Crippen molar-refractivity contribution in [3.63, 3.8) is 0 Å². The Balaban J connectivity index is 1.30. The summed E-state index contributed by atoms with van der Waals surface area (Å²) in [7, 11) is 0. The number of quaternary nitrogens is 1. The Labute approximate surface area is 201 Å². The van der Waals surface area contributed by atoms with Gasteiger partial charge in [-0.25, -0.2) is 4.39 Å². The maximum atomic E-state index is 13.2. The number of hydrogen-bond acceptors (Lipinski definition) is 4. The van der Waals surface area contributed by atoms with E-state index in [-0.39, 0.29) is 30.0 Å². The summed E-state index contributed by atoms with van der Waals surface area (Å²) in [5, 5.41) is 11.3. The van der Waals surface area contributed by atoms with Crippen molar-refractivity contribution in [3.05, 3.63) is 66.0 Å². The van der Waals surface area contributed by atoms with Crippen molar-refractivity contribution in [2.24, 2.45) is 11.8 Å². The van der Waals surface area contributed by atoms with Gasteiger partial charge in [0, 0.05) is 31.2 Å². The zero-order valence-electron chi connectivity index (χ0n) is 19.6. The van der Waals surface area contributed by atoms with Gasteiger partial charge in [-0.2, -0.15) is 0 Å². The first-order valence-corrected chi connectivity index (χ1v) is 12.3. The quantitative estimate of drug-likeness (QED) is 0.623. The van der Waals surface area contributed by atoms with Gasteiger partial charge >= 0.3 is 0 Å². The van der Waals surface area contributed by atoms with E-state index in [1.165, 1.54) is 17.0 Å². The minimum atomic E-state index is -1.00. The van der Waals surface area contributed by atoms with Gasteiger partial charge in [0.1, 0.15) is 5.82 Å². The lowest BCUT2D eigenvalue weighted by atomic mass is 9.81. The van der Waals surface area contributed by atoms with Gasteiger partial charge in [-0.3, -0.25) is 4.79 Å². The topological polar surface area (TPSA) is 68.1 Å². The molecule has 182 valence electrons. The monoisotopic (exact) mass is 467 g/mol. The van der Waals surface area contributed by atoms with E-state index in [1.54, 1.807) is 0 Å². The van der Waals surface area contributed by atoms with Crippen LogP contribution in [0.1, 0.15) is 24.8 Å². The van der Waals surface area contributed by atoms with Gasteiger partial charge in [-0.15, -0.1) is 0 Å². The zero-order chi connectivity index (χ0) is 23.9. The predicted octanol–water partition coefficient (Wildman–Crippen LogP) is 0.768. The summed E-state index contributed by atoms with van der Waals surface area (Å²) in [5.41, 5.74) is 2.05. The number of rotatable bonds is 8. The number of amides is 1. The second-order valence-electron chi connectivity index (χ2n) is 9.64. The molecule has 34 heavy (non-hydrogen) atoms. The molecule has 2 aliphatic rings. The van der Waals surface area contributed by atoms with Crippen LogP contribution in [0.25, 0.3) is 0 Å². The molecule has 0 aromatic heterocycles. The molecule has 0 radical (unpaired) electrons. The second kappa shape index (κ2) is 11.5. The zero-order valence-corrected chi connectivity index (χ0v) is 19.6. The molecule has 1 N–H and O–H groups in total. The van der Waals surface area contributed by atoms with Gasteiger partial charge in [0.15, 0.2) is 0 Å². The van der Waals surface area contributed by atoms with Crippen molar-refractivity contribution in [1.82, 2.24) is 4.90 Å². The van der Waals surface area contributed by atoms with Crippen LogP contribution in [0.5, 0.6) is 0 Å². The van der Waals surface area contributed by atoms with Crippen LogP contribution in [0.15, 0.2) is 54.6 Å². The van der Waals surface area contributed by atoms with Crippen LogP contribution >= 0.6 is 0 Å². The minimum absolute atomic E-state index is 0.0608. The lowest BCUT2D eigenvalue weighted by molar-refractivity contribution is -0.901. The van der Waals surface area contributed by atoms with Crippen LogP contribution in [-0.4, -0.2) is 62.6 Å². The number of piperazine rings is 1. The van der Waals surface area contributed by atoms with E-state index in [2.05, 4.69) is 4.90 Å². The highest BCUT2D eigenvalue weighted by molar-refractivity contribution is 5.79. The van der Waals surface area contributed by atoms with Crippen molar-refractivity contribution >= 4 is 17.6 Å². The van der Waals surface area contributed by atoms with E-state index in [0.29, 0.717) is 25.9 Å². The third-order valence-corrected chi connectivity index (χ3v) is 7.40. The average Bonchev–Trinajstić information content (AvgIpc) is 2.84. The number of carboxylic acid groups (broad SMARTS) is 1. The molecule has 0 bridgehead atoms. The van der Waals surface area contributed by atoms with Crippen LogP contribution < -0.4 is 14.9 Å². The fraction of sp³-hybridized carbons (Fsp3) is 0.481. The second-order valence-corrected chi connectivity index (χ2v) is 9.64. The number of benzene rings is 2. The van der Waals surface area contributed by atoms with Crippen LogP contribution in [0, 0.1) is 17.7 Å². The number of anilines is 1. The highest BCUT2D eigenvalue weighted by Gasteiger charge is 2.32. The molecule has 2 aromatic carbocycles. The number of piperidine rings is 1. The fourth-order valence-corrected chi connectivity index (χ4v) is 5.37. The first kappa shape index (κ1) is 24.2. The summed E-state index contributed by atoms with van der Waals surface area (Å²) in [4.78, 5) is 29.9. The van der Waals surface area contributed by atoms with Gasteiger partial charge in [-0.05, 0) is 54.5 Å². The molecule has 0 aliphatic carbocycles. The number of hydrogen-bond donors (Lipinski definition) is 1. The third kappa shape index (κ3) is 6.56. The first-order chi connectivity index (χ1) is 16.5. The summed E-state index contributed by atoms with van der Waals surface area (Å²) >= 11 is 0. The molecule has 6 nitrogen and oxygen atoms in total. The number of carboxylic acids is 1. The maximum absolute atomic E-state index is 13.2. The Morgan fingerprint density at radius 3 is 2.35 bits per heavy atom. The van der Waals surface area contributed by atoms with E-state index >= 15 is 0 Å². The molecule has 0 saturated carbocycles. The Hall–Kier alpha value is -2.93. The molecule has 2 heterocycles. The lowest BCUT2D eigenvalue weighted by Gasteiger charge is -2.40. The van der Waals surface area contributed by atoms with E-state index in [4.69, 9.17) is 0 Å². The molecule has 2 saturated heterocycles. The molecular formula is C27H34FN3O3. The Bertz CT molecular complexity index is 945. The number of aliphatic carboxylic acids is 1. The van der Waals surface area contributed by atoms with Crippen molar-refractivity contribution in [2.45, 2.75) is 25.7 Å². The standard InChI is InChI=1S/C27H34FN3O3/c28-24-6-8-25(9-7-24)30-16-14-29(15-17-30)12-10-23-20-31(13-11-22(23)19-27(33)34)26(32)18-21-4-2-1-3-5-21/h1-9,22-23H,10-20H2,(H,33,34)/t22-,23-/m0/s1. The summed E-state index contributed by atoms with van der Waals surface area (Å²) < 4.78 is 13.2. The van der Waals surface area contributed by atoms with Crippen molar-refractivity contribution < 1.29 is 24.0 Å².